The van der Waals surface area contributed by atoms with Gasteiger partial charge in [-0.2, -0.15) is 0 Å². The van der Waals surface area contributed by atoms with Gasteiger partial charge in [0.25, 0.3) is 0 Å². The van der Waals surface area contributed by atoms with Gasteiger partial charge in [0, 0.05) is 44.6 Å². The van der Waals surface area contributed by atoms with Crippen LogP contribution in [0.1, 0.15) is 94.9 Å². The predicted molar refractivity (Wildman–Crippen MR) is 203 cm³/mol. The Bertz CT molecular complexity index is 1210. The molecule has 3 saturated heterocycles. The zero-order valence-corrected chi connectivity index (χ0v) is 35.2. The monoisotopic (exact) mass is 775 g/mol. The standard InChI is InChI=1S/C40H74N2O12/c1-15-17-42-21-22(3)33(44)40(11,48)29(16-2)52-36(46)26(7)32(53-30-20-39(10,49-14)34(45)27(8)51-30)25(6)35(38(9,47)19-23(42)4)54-37-31(43)28(41(12)13)18-24(5)50-37/h15,22-35,37,43-45,47-48H,1,16-21H2,2-14H3/t22-,23+,24+,25-,26+,27-,28-,29?,30-,31+,32-,33+,34-,35+,37-,38+,39+,40+/m0/s1. The summed E-state index contributed by atoms with van der Waals surface area (Å²) in [5.74, 6) is -2.97. The van der Waals surface area contributed by atoms with E-state index >= 15 is 0 Å². The van der Waals surface area contributed by atoms with Crippen LogP contribution in [0.2, 0.25) is 0 Å². The number of likely N-dealkylation sites (N-methyl/N-ethyl adjacent to an activating group) is 1. The van der Waals surface area contributed by atoms with Crippen molar-refractivity contribution in [3.8, 4) is 0 Å². The van der Waals surface area contributed by atoms with Crippen molar-refractivity contribution >= 4 is 5.97 Å². The highest BCUT2D eigenvalue weighted by molar-refractivity contribution is 5.73. The first-order valence-corrected chi connectivity index (χ1v) is 19.8. The number of ether oxygens (including phenoxy) is 6. The molecule has 0 amide bonds. The predicted octanol–water partition coefficient (Wildman–Crippen LogP) is 2.46. The van der Waals surface area contributed by atoms with E-state index in [0.29, 0.717) is 19.5 Å². The number of carbonyl (C=O) groups excluding carboxylic acids is 1. The number of methoxy groups -OCH3 is 1. The Hall–Kier alpha value is -1.27. The lowest BCUT2D eigenvalue weighted by Gasteiger charge is -2.49. The maximum Gasteiger partial charge on any atom is 0.311 e. The van der Waals surface area contributed by atoms with Crippen molar-refractivity contribution < 1.29 is 58.7 Å². The van der Waals surface area contributed by atoms with Crippen LogP contribution >= 0.6 is 0 Å². The molecule has 3 fully saturated rings. The van der Waals surface area contributed by atoms with Crippen molar-refractivity contribution in [3.63, 3.8) is 0 Å². The summed E-state index contributed by atoms with van der Waals surface area (Å²) in [5, 5.41) is 58.6. The van der Waals surface area contributed by atoms with Crippen LogP contribution in [0, 0.1) is 17.8 Å². The Morgan fingerprint density at radius 1 is 0.981 bits per heavy atom. The number of aliphatic hydroxyl groups excluding tert-OH is 3. The largest absolute Gasteiger partial charge is 0.459 e. The molecule has 316 valence electrons. The lowest BCUT2D eigenvalue weighted by atomic mass is 9.78. The Balaban J connectivity index is 2.22. The summed E-state index contributed by atoms with van der Waals surface area (Å²) in [6.45, 7) is 22.3. The third-order valence-corrected chi connectivity index (χ3v) is 12.5. The summed E-state index contributed by atoms with van der Waals surface area (Å²) in [6.07, 6.45) is -6.68. The van der Waals surface area contributed by atoms with Crippen LogP contribution in [0.4, 0.5) is 0 Å². The number of aliphatic hydroxyl groups is 5. The van der Waals surface area contributed by atoms with Crippen molar-refractivity contribution in [2.45, 2.75) is 185 Å². The molecule has 3 heterocycles. The fourth-order valence-electron chi connectivity index (χ4n) is 8.95. The first kappa shape index (κ1) is 47.1. The normalized spacial score (nSPS) is 48.1. The molecule has 0 aliphatic carbocycles. The Labute approximate surface area is 324 Å². The van der Waals surface area contributed by atoms with Gasteiger partial charge in [-0.3, -0.25) is 9.69 Å². The average molecular weight is 775 g/mol. The van der Waals surface area contributed by atoms with E-state index in [2.05, 4.69) is 11.5 Å². The number of carbonyl (C=O) groups is 1. The van der Waals surface area contributed by atoms with Crippen LogP contribution in [0.25, 0.3) is 0 Å². The van der Waals surface area contributed by atoms with Gasteiger partial charge in [-0.1, -0.05) is 26.8 Å². The van der Waals surface area contributed by atoms with Gasteiger partial charge in [0.2, 0.25) is 0 Å². The highest BCUT2D eigenvalue weighted by atomic mass is 16.7. The van der Waals surface area contributed by atoms with E-state index in [9.17, 15) is 30.3 Å². The van der Waals surface area contributed by atoms with E-state index in [-0.39, 0.29) is 37.5 Å². The van der Waals surface area contributed by atoms with Crippen molar-refractivity contribution in [2.24, 2.45) is 17.8 Å². The molecule has 0 bridgehead atoms. The van der Waals surface area contributed by atoms with Crippen molar-refractivity contribution in [1.29, 1.82) is 0 Å². The second-order valence-electron chi connectivity index (χ2n) is 17.4. The second kappa shape index (κ2) is 19.0. The van der Waals surface area contributed by atoms with E-state index in [1.54, 1.807) is 40.7 Å². The highest BCUT2D eigenvalue weighted by Gasteiger charge is 2.52. The molecule has 18 atom stereocenters. The molecule has 1 unspecified atom stereocenters. The third-order valence-electron chi connectivity index (χ3n) is 12.5. The maximum absolute atomic E-state index is 14.3. The van der Waals surface area contributed by atoms with E-state index in [4.69, 9.17) is 28.4 Å². The summed E-state index contributed by atoms with van der Waals surface area (Å²) >= 11 is 0. The first-order chi connectivity index (χ1) is 24.9. The number of hydrogen-bond donors (Lipinski definition) is 5. The van der Waals surface area contributed by atoms with Gasteiger partial charge in [0.15, 0.2) is 12.6 Å². The van der Waals surface area contributed by atoms with Gasteiger partial charge in [-0.05, 0) is 87.7 Å². The molecule has 0 aromatic rings. The fourth-order valence-corrected chi connectivity index (χ4v) is 8.95. The summed E-state index contributed by atoms with van der Waals surface area (Å²) in [4.78, 5) is 18.3. The number of cyclic esters (lactones) is 1. The number of rotatable bonds is 9. The SMILES string of the molecule is C=CCN1C[C@H](C)[C@@H](O)[C@](C)(O)C(CC)OC(=O)[C@H](C)[C@@H](O[C@H]2C[C@@](C)(OC)[C@@H](O)[C@H](C)O2)[C@H](C)[C@@H](O[C@@H]2O[C@H](C)C[C@H](N(C)C)[C@H]2O)[C@](C)(O)C[C@H]1C. The Kier molecular flexibility index (Phi) is 16.6. The molecule has 3 rings (SSSR count). The Morgan fingerprint density at radius 3 is 2.17 bits per heavy atom. The molecule has 0 saturated carbocycles. The highest BCUT2D eigenvalue weighted by Crippen LogP contribution is 2.40. The van der Waals surface area contributed by atoms with Crippen LogP contribution in [-0.4, -0.2) is 166 Å². The maximum atomic E-state index is 14.3. The van der Waals surface area contributed by atoms with Gasteiger partial charge in [-0.15, -0.1) is 6.58 Å². The summed E-state index contributed by atoms with van der Waals surface area (Å²) < 4.78 is 37.7. The third kappa shape index (κ3) is 10.6. The minimum Gasteiger partial charge on any atom is -0.459 e. The zero-order valence-electron chi connectivity index (χ0n) is 35.2. The number of hydrogen-bond acceptors (Lipinski definition) is 14. The summed E-state index contributed by atoms with van der Waals surface area (Å²) in [7, 11) is 5.27. The molecule has 0 aromatic carbocycles. The molecule has 3 aliphatic rings. The molecule has 14 heteroatoms. The Morgan fingerprint density at radius 2 is 1.61 bits per heavy atom. The molecule has 3 aliphatic heterocycles. The lowest BCUT2D eigenvalue weighted by molar-refractivity contribution is -0.318. The minimum absolute atomic E-state index is 0.123. The first-order valence-electron chi connectivity index (χ1n) is 19.8. The molecule has 0 spiro atoms. The fraction of sp³-hybridized carbons (Fsp3) is 0.925. The van der Waals surface area contributed by atoms with Crippen LogP contribution in [0.5, 0.6) is 0 Å². The summed E-state index contributed by atoms with van der Waals surface area (Å²) in [6, 6.07) is -0.582. The van der Waals surface area contributed by atoms with Crippen LogP contribution in [-0.2, 0) is 33.2 Å². The van der Waals surface area contributed by atoms with Crippen molar-refractivity contribution in [2.75, 3.05) is 34.3 Å². The number of esters is 1. The topological polar surface area (TPSA) is 180 Å². The van der Waals surface area contributed by atoms with Crippen molar-refractivity contribution in [3.05, 3.63) is 12.7 Å². The van der Waals surface area contributed by atoms with Crippen LogP contribution < -0.4 is 0 Å². The van der Waals surface area contributed by atoms with Gasteiger partial charge in [0.05, 0.1) is 47.6 Å². The number of nitrogens with zero attached hydrogens (tertiary/aromatic N) is 2. The quantitative estimate of drug-likeness (QED) is 0.170. The van der Waals surface area contributed by atoms with Crippen LogP contribution in [0.15, 0.2) is 12.7 Å². The smallest absolute Gasteiger partial charge is 0.311 e. The van der Waals surface area contributed by atoms with E-state index < -0.39 is 95.8 Å². The molecule has 0 radical (unpaired) electrons. The molecule has 54 heavy (non-hydrogen) atoms. The molecule has 0 aromatic heterocycles. The second-order valence-corrected chi connectivity index (χ2v) is 17.4. The van der Waals surface area contributed by atoms with Crippen molar-refractivity contribution in [1.82, 2.24) is 9.80 Å². The van der Waals surface area contributed by atoms with Gasteiger partial charge in [0.1, 0.15) is 23.9 Å². The molecular formula is C40H74N2O12. The molecule has 14 nitrogen and oxygen atoms in total. The zero-order chi connectivity index (χ0) is 41.1. The van der Waals surface area contributed by atoms with E-state index in [1.165, 1.54) is 14.0 Å². The molecular weight excluding hydrogens is 700 g/mol. The van der Waals surface area contributed by atoms with Crippen LogP contribution in [0.3, 0.4) is 0 Å². The molecule has 5 N–H and O–H groups in total. The minimum atomic E-state index is -1.81. The van der Waals surface area contributed by atoms with Gasteiger partial charge < -0.3 is 58.9 Å². The van der Waals surface area contributed by atoms with Gasteiger partial charge >= 0.3 is 5.97 Å². The lowest BCUT2D eigenvalue weighted by Crippen LogP contribution is -2.61. The average Bonchev–Trinajstić information content (AvgIpc) is 3.09. The van der Waals surface area contributed by atoms with E-state index in [0.717, 1.165) is 0 Å². The van der Waals surface area contributed by atoms with Gasteiger partial charge in [-0.25, -0.2) is 0 Å². The summed E-state index contributed by atoms with van der Waals surface area (Å²) in [5.41, 5.74) is -4.45. The van der Waals surface area contributed by atoms with E-state index in [1.807, 2.05) is 46.7 Å².